The molecule has 1 atom stereocenters. The Kier molecular flexibility index (Phi) is 4.84. The Labute approximate surface area is 160 Å². The van der Waals surface area contributed by atoms with Gasteiger partial charge in [-0.3, -0.25) is 9.59 Å². The van der Waals surface area contributed by atoms with Crippen molar-refractivity contribution in [2.45, 2.75) is 19.3 Å². The highest BCUT2D eigenvalue weighted by atomic mass is 16.2. The SMILES string of the molecule is CN(C(=O)C1CC(=O)N(c2ccc(N3CCCC3)cc2)C1)c1ccccc1. The molecule has 2 aliphatic heterocycles. The Bertz CT molecular complexity index is 813. The van der Waals surface area contributed by atoms with Crippen LogP contribution in [0.4, 0.5) is 17.1 Å². The van der Waals surface area contributed by atoms with Crippen molar-refractivity contribution in [1.29, 1.82) is 0 Å². The van der Waals surface area contributed by atoms with Crippen LogP contribution < -0.4 is 14.7 Å². The first-order valence-corrected chi connectivity index (χ1v) is 9.61. The molecule has 2 fully saturated rings. The zero-order valence-corrected chi connectivity index (χ0v) is 15.7. The lowest BCUT2D eigenvalue weighted by Gasteiger charge is -2.22. The molecule has 0 spiro atoms. The van der Waals surface area contributed by atoms with Crippen molar-refractivity contribution in [3.8, 4) is 0 Å². The van der Waals surface area contributed by atoms with Crippen LogP contribution in [-0.2, 0) is 9.59 Å². The Balaban J connectivity index is 1.45. The van der Waals surface area contributed by atoms with Crippen LogP contribution >= 0.6 is 0 Å². The van der Waals surface area contributed by atoms with E-state index in [4.69, 9.17) is 0 Å². The second-order valence-corrected chi connectivity index (χ2v) is 7.35. The van der Waals surface area contributed by atoms with Crippen molar-refractivity contribution < 1.29 is 9.59 Å². The van der Waals surface area contributed by atoms with Gasteiger partial charge in [-0.05, 0) is 49.2 Å². The van der Waals surface area contributed by atoms with Crippen molar-refractivity contribution in [2.24, 2.45) is 5.92 Å². The normalized spacial score (nSPS) is 19.6. The predicted molar refractivity (Wildman–Crippen MR) is 108 cm³/mol. The lowest BCUT2D eigenvalue weighted by Crippen LogP contribution is -2.34. The van der Waals surface area contributed by atoms with E-state index in [0.717, 1.165) is 24.5 Å². The first-order valence-electron chi connectivity index (χ1n) is 9.61. The molecule has 4 rings (SSSR count). The number of carbonyl (C=O) groups excluding carboxylic acids is 2. The lowest BCUT2D eigenvalue weighted by molar-refractivity contribution is -0.124. The standard InChI is InChI=1S/C22H25N3O2/c1-23(18-7-3-2-4-8-18)22(27)17-15-21(26)25(16-17)20-11-9-19(10-12-20)24-13-5-6-14-24/h2-4,7-12,17H,5-6,13-16H2,1H3. The zero-order valence-electron chi connectivity index (χ0n) is 15.7. The minimum Gasteiger partial charge on any atom is -0.372 e. The number of hydrogen-bond acceptors (Lipinski definition) is 3. The largest absolute Gasteiger partial charge is 0.372 e. The van der Waals surface area contributed by atoms with Gasteiger partial charge in [0.2, 0.25) is 11.8 Å². The second kappa shape index (κ2) is 7.43. The van der Waals surface area contributed by atoms with Crippen LogP contribution in [0.15, 0.2) is 54.6 Å². The first-order chi connectivity index (χ1) is 13.1. The van der Waals surface area contributed by atoms with E-state index in [9.17, 15) is 9.59 Å². The van der Waals surface area contributed by atoms with E-state index in [-0.39, 0.29) is 24.2 Å². The van der Waals surface area contributed by atoms with Gasteiger partial charge in [0.15, 0.2) is 0 Å². The molecule has 1 unspecified atom stereocenters. The summed E-state index contributed by atoms with van der Waals surface area (Å²) in [6, 6.07) is 17.7. The number of amides is 2. The minimum absolute atomic E-state index is 0.00858. The molecule has 140 valence electrons. The van der Waals surface area contributed by atoms with Gasteiger partial charge in [-0.1, -0.05) is 18.2 Å². The molecule has 0 bridgehead atoms. The van der Waals surface area contributed by atoms with Crippen molar-refractivity contribution in [2.75, 3.05) is 41.4 Å². The highest BCUT2D eigenvalue weighted by Crippen LogP contribution is 2.29. The second-order valence-electron chi connectivity index (χ2n) is 7.35. The highest BCUT2D eigenvalue weighted by molar-refractivity contribution is 6.04. The Hall–Kier alpha value is -2.82. The van der Waals surface area contributed by atoms with E-state index >= 15 is 0 Å². The van der Waals surface area contributed by atoms with Gasteiger partial charge in [0.1, 0.15) is 0 Å². The fraction of sp³-hybridized carbons (Fsp3) is 0.364. The van der Waals surface area contributed by atoms with Crippen molar-refractivity contribution in [3.05, 3.63) is 54.6 Å². The van der Waals surface area contributed by atoms with Crippen LogP contribution in [0.1, 0.15) is 19.3 Å². The van der Waals surface area contributed by atoms with E-state index < -0.39 is 0 Å². The summed E-state index contributed by atoms with van der Waals surface area (Å²) in [5.74, 6) is -0.296. The molecule has 2 heterocycles. The molecule has 2 aromatic rings. The average molecular weight is 363 g/mol. The Morgan fingerprint density at radius 3 is 2.26 bits per heavy atom. The Morgan fingerprint density at radius 1 is 0.963 bits per heavy atom. The lowest BCUT2D eigenvalue weighted by atomic mass is 10.1. The summed E-state index contributed by atoms with van der Waals surface area (Å²) in [6.07, 6.45) is 2.75. The smallest absolute Gasteiger partial charge is 0.232 e. The van der Waals surface area contributed by atoms with E-state index in [1.54, 1.807) is 16.8 Å². The molecule has 0 aromatic heterocycles. The number of hydrogen-bond donors (Lipinski definition) is 0. The minimum atomic E-state index is -0.305. The number of anilines is 3. The van der Waals surface area contributed by atoms with Crippen LogP contribution in [-0.4, -0.2) is 38.5 Å². The summed E-state index contributed by atoms with van der Waals surface area (Å²) in [4.78, 5) is 31.1. The summed E-state index contributed by atoms with van der Waals surface area (Å²) in [7, 11) is 1.77. The van der Waals surface area contributed by atoms with E-state index in [2.05, 4.69) is 17.0 Å². The topological polar surface area (TPSA) is 43.9 Å². The maximum Gasteiger partial charge on any atom is 0.232 e. The van der Waals surface area contributed by atoms with Gasteiger partial charge < -0.3 is 14.7 Å². The summed E-state index contributed by atoms with van der Waals surface area (Å²) < 4.78 is 0. The van der Waals surface area contributed by atoms with E-state index in [0.29, 0.717) is 6.54 Å². The third-order valence-electron chi connectivity index (χ3n) is 5.58. The average Bonchev–Trinajstić information content (AvgIpc) is 3.38. The highest BCUT2D eigenvalue weighted by Gasteiger charge is 2.36. The molecule has 5 heteroatoms. The molecule has 2 saturated heterocycles. The number of nitrogens with zero attached hydrogens (tertiary/aromatic N) is 3. The van der Waals surface area contributed by atoms with Crippen molar-refractivity contribution in [3.63, 3.8) is 0 Å². The van der Waals surface area contributed by atoms with Crippen LogP contribution in [0, 0.1) is 5.92 Å². The molecule has 2 amide bonds. The molecular formula is C22H25N3O2. The fourth-order valence-corrected chi connectivity index (χ4v) is 3.99. The van der Waals surface area contributed by atoms with Crippen LogP contribution in [0.3, 0.4) is 0 Å². The van der Waals surface area contributed by atoms with Gasteiger partial charge in [-0.25, -0.2) is 0 Å². The van der Waals surface area contributed by atoms with E-state index in [1.807, 2.05) is 42.5 Å². The maximum absolute atomic E-state index is 12.8. The van der Waals surface area contributed by atoms with E-state index in [1.165, 1.54) is 18.5 Å². The summed E-state index contributed by atoms with van der Waals surface area (Å²) in [5.41, 5.74) is 2.93. The Morgan fingerprint density at radius 2 is 1.59 bits per heavy atom. The summed E-state index contributed by atoms with van der Waals surface area (Å²) >= 11 is 0. The summed E-state index contributed by atoms with van der Waals surface area (Å²) in [6.45, 7) is 2.65. The molecule has 0 aliphatic carbocycles. The number of carbonyl (C=O) groups is 2. The fourth-order valence-electron chi connectivity index (χ4n) is 3.99. The molecule has 0 saturated carbocycles. The van der Waals surface area contributed by atoms with Crippen LogP contribution in [0.2, 0.25) is 0 Å². The molecule has 5 nitrogen and oxygen atoms in total. The quantitative estimate of drug-likeness (QED) is 0.837. The van der Waals surface area contributed by atoms with Gasteiger partial charge in [-0.2, -0.15) is 0 Å². The third kappa shape index (κ3) is 3.54. The first kappa shape index (κ1) is 17.6. The predicted octanol–water partition coefficient (Wildman–Crippen LogP) is 3.30. The van der Waals surface area contributed by atoms with Gasteiger partial charge in [0.25, 0.3) is 0 Å². The molecule has 2 aromatic carbocycles. The van der Waals surface area contributed by atoms with Crippen molar-refractivity contribution >= 4 is 28.9 Å². The summed E-state index contributed by atoms with van der Waals surface area (Å²) in [5, 5.41) is 0. The zero-order chi connectivity index (χ0) is 18.8. The maximum atomic E-state index is 12.8. The van der Waals surface area contributed by atoms with Crippen molar-refractivity contribution in [1.82, 2.24) is 0 Å². The molecule has 2 aliphatic rings. The monoisotopic (exact) mass is 363 g/mol. The molecular weight excluding hydrogens is 338 g/mol. The molecule has 0 radical (unpaired) electrons. The number of para-hydroxylation sites is 1. The van der Waals surface area contributed by atoms with Crippen LogP contribution in [0.5, 0.6) is 0 Å². The van der Waals surface area contributed by atoms with Gasteiger partial charge >= 0.3 is 0 Å². The van der Waals surface area contributed by atoms with Gasteiger partial charge in [-0.15, -0.1) is 0 Å². The third-order valence-corrected chi connectivity index (χ3v) is 5.58. The number of rotatable bonds is 4. The van der Waals surface area contributed by atoms with Gasteiger partial charge in [0.05, 0.1) is 5.92 Å². The molecule has 27 heavy (non-hydrogen) atoms. The molecule has 0 N–H and O–H groups in total. The number of benzene rings is 2. The van der Waals surface area contributed by atoms with Gasteiger partial charge in [0, 0.05) is 50.2 Å². The van der Waals surface area contributed by atoms with Crippen LogP contribution in [0.25, 0.3) is 0 Å².